The molecule has 0 aliphatic heterocycles. The fourth-order valence-corrected chi connectivity index (χ4v) is 3.80. The standard InChI is InChI=1S/C20H23N5O2/c1-24-18(7-9-21-24)15-3-5-16(6-4-15)20(27)23-17-11-14(12-19(17)26)13-25-10-2-8-22-25/h2-10,14,17,19,26H,11-13H2,1H3,(H,23,27)/t14?,17-,19-/m1/s1. The van der Waals surface area contributed by atoms with Crippen molar-refractivity contribution >= 4 is 5.91 Å². The molecule has 0 spiro atoms. The van der Waals surface area contributed by atoms with Crippen molar-refractivity contribution in [3.63, 3.8) is 0 Å². The van der Waals surface area contributed by atoms with E-state index >= 15 is 0 Å². The largest absolute Gasteiger partial charge is 0.391 e. The molecule has 0 radical (unpaired) electrons. The van der Waals surface area contributed by atoms with Gasteiger partial charge in [0.25, 0.3) is 5.91 Å². The summed E-state index contributed by atoms with van der Waals surface area (Å²) in [6, 6.07) is 11.0. The lowest BCUT2D eigenvalue weighted by atomic mass is 10.1. The molecule has 7 nitrogen and oxygen atoms in total. The van der Waals surface area contributed by atoms with Crippen LogP contribution in [0.1, 0.15) is 23.2 Å². The Labute approximate surface area is 157 Å². The lowest BCUT2D eigenvalue weighted by Crippen LogP contribution is -2.39. The molecule has 1 aliphatic carbocycles. The average Bonchev–Trinajstić information content (AvgIpc) is 3.39. The molecule has 3 atom stereocenters. The second kappa shape index (κ2) is 7.36. The minimum atomic E-state index is -0.525. The maximum Gasteiger partial charge on any atom is 0.251 e. The minimum absolute atomic E-state index is 0.157. The van der Waals surface area contributed by atoms with Crippen molar-refractivity contribution < 1.29 is 9.90 Å². The monoisotopic (exact) mass is 365 g/mol. The smallest absolute Gasteiger partial charge is 0.251 e. The molecular formula is C20H23N5O2. The summed E-state index contributed by atoms with van der Waals surface area (Å²) < 4.78 is 3.67. The molecule has 1 unspecified atom stereocenters. The van der Waals surface area contributed by atoms with Crippen LogP contribution >= 0.6 is 0 Å². The van der Waals surface area contributed by atoms with E-state index < -0.39 is 6.10 Å². The van der Waals surface area contributed by atoms with E-state index in [0.29, 0.717) is 17.9 Å². The van der Waals surface area contributed by atoms with Crippen molar-refractivity contribution in [1.82, 2.24) is 24.9 Å². The molecule has 7 heteroatoms. The summed E-state index contributed by atoms with van der Waals surface area (Å²) in [6.07, 6.45) is 6.31. The van der Waals surface area contributed by atoms with Gasteiger partial charge in [-0.2, -0.15) is 10.2 Å². The van der Waals surface area contributed by atoms with Crippen LogP contribution in [0.15, 0.2) is 55.0 Å². The first kappa shape index (κ1) is 17.5. The Morgan fingerprint density at radius 1 is 1.19 bits per heavy atom. The summed E-state index contributed by atoms with van der Waals surface area (Å²) in [6.45, 7) is 0.760. The van der Waals surface area contributed by atoms with Crippen LogP contribution in [-0.4, -0.2) is 42.7 Å². The number of hydrogen-bond donors (Lipinski definition) is 2. The molecule has 140 valence electrons. The number of carbonyl (C=O) groups is 1. The number of aliphatic hydroxyl groups is 1. The molecule has 3 aromatic rings. The predicted molar refractivity (Wildman–Crippen MR) is 101 cm³/mol. The molecule has 2 aromatic heterocycles. The van der Waals surface area contributed by atoms with E-state index in [1.54, 1.807) is 29.2 Å². The van der Waals surface area contributed by atoms with Gasteiger partial charge >= 0.3 is 0 Å². The van der Waals surface area contributed by atoms with Crippen LogP contribution < -0.4 is 5.32 Å². The van der Waals surface area contributed by atoms with Gasteiger partial charge in [-0.15, -0.1) is 0 Å². The Morgan fingerprint density at radius 2 is 2.00 bits per heavy atom. The number of carbonyl (C=O) groups excluding carboxylic acids is 1. The second-order valence-corrected chi connectivity index (χ2v) is 7.13. The van der Waals surface area contributed by atoms with Gasteiger partial charge in [-0.1, -0.05) is 12.1 Å². The summed E-state index contributed by atoms with van der Waals surface area (Å²) in [5, 5.41) is 21.7. The van der Waals surface area contributed by atoms with Crippen LogP contribution in [0, 0.1) is 5.92 Å². The number of aryl methyl sites for hydroxylation is 1. The number of benzene rings is 1. The van der Waals surface area contributed by atoms with E-state index in [1.807, 2.05) is 42.2 Å². The summed E-state index contributed by atoms with van der Waals surface area (Å²) >= 11 is 0. The van der Waals surface area contributed by atoms with Crippen molar-refractivity contribution in [2.45, 2.75) is 31.5 Å². The van der Waals surface area contributed by atoms with Gasteiger partial charge in [0.2, 0.25) is 0 Å². The van der Waals surface area contributed by atoms with Crippen molar-refractivity contribution in [3.8, 4) is 11.3 Å². The Morgan fingerprint density at radius 3 is 2.67 bits per heavy atom. The topological polar surface area (TPSA) is 85.0 Å². The van der Waals surface area contributed by atoms with Crippen molar-refractivity contribution in [2.24, 2.45) is 13.0 Å². The van der Waals surface area contributed by atoms with E-state index in [4.69, 9.17) is 0 Å². The van der Waals surface area contributed by atoms with Gasteiger partial charge in [-0.25, -0.2) is 0 Å². The lowest BCUT2D eigenvalue weighted by molar-refractivity contribution is 0.0873. The molecule has 1 aliphatic rings. The van der Waals surface area contributed by atoms with E-state index in [1.165, 1.54) is 0 Å². The third-order valence-electron chi connectivity index (χ3n) is 5.21. The van der Waals surface area contributed by atoms with Crippen LogP contribution in [-0.2, 0) is 13.6 Å². The Kier molecular flexibility index (Phi) is 4.77. The van der Waals surface area contributed by atoms with Crippen molar-refractivity contribution in [1.29, 1.82) is 0 Å². The summed E-state index contributed by atoms with van der Waals surface area (Å²) in [4.78, 5) is 12.6. The number of nitrogens with one attached hydrogen (secondary N) is 1. The number of rotatable bonds is 5. The lowest BCUT2D eigenvalue weighted by Gasteiger charge is -2.16. The fourth-order valence-electron chi connectivity index (χ4n) is 3.80. The zero-order chi connectivity index (χ0) is 18.8. The number of aliphatic hydroxyl groups excluding tert-OH is 1. The van der Waals surface area contributed by atoms with Crippen LogP contribution in [0.3, 0.4) is 0 Å². The van der Waals surface area contributed by atoms with Crippen LogP contribution in [0.5, 0.6) is 0 Å². The van der Waals surface area contributed by atoms with Gasteiger partial charge < -0.3 is 10.4 Å². The highest BCUT2D eigenvalue weighted by molar-refractivity contribution is 5.94. The molecule has 1 saturated carbocycles. The third-order valence-corrected chi connectivity index (χ3v) is 5.21. The third kappa shape index (κ3) is 3.78. The first-order chi connectivity index (χ1) is 13.1. The maximum atomic E-state index is 12.6. The quantitative estimate of drug-likeness (QED) is 0.723. The predicted octanol–water partition coefficient (Wildman–Crippen LogP) is 1.85. The van der Waals surface area contributed by atoms with Gasteiger partial charge in [-0.3, -0.25) is 14.2 Å². The molecule has 0 bridgehead atoms. The zero-order valence-corrected chi connectivity index (χ0v) is 15.2. The van der Waals surface area contributed by atoms with E-state index in [-0.39, 0.29) is 11.9 Å². The highest BCUT2D eigenvalue weighted by atomic mass is 16.3. The molecular weight excluding hydrogens is 342 g/mol. The van der Waals surface area contributed by atoms with Gasteiger partial charge in [0, 0.05) is 37.7 Å². The number of hydrogen-bond acceptors (Lipinski definition) is 4. The molecule has 2 N–H and O–H groups in total. The second-order valence-electron chi connectivity index (χ2n) is 7.13. The summed E-state index contributed by atoms with van der Waals surface area (Å²) in [7, 11) is 1.89. The van der Waals surface area contributed by atoms with Gasteiger partial charge in [0.05, 0.1) is 17.8 Å². The number of aromatic nitrogens is 4. The molecule has 27 heavy (non-hydrogen) atoms. The van der Waals surface area contributed by atoms with E-state index in [2.05, 4.69) is 15.5 Å². The van der Waals surface area contributed by atoms with Crippen LogP contribution in [0.4, 0.5) is 0 Å². The molecule has 1 fully saturated rings. The molecule has 0 saturated heterocycles. The SMILES string of the molecule is Cn1nccc1-c1ccc(C(=O)N[C@@H]2CC(Cn3cccn3)C[C@H]2O)cc1. The molecule has 1 amide bonds. The van der Waals surface area contributed by atoms with Crippen LogP contribution in [0.2, 0.25) is 0 Å². The minimum Gasteiger partial charge on any atom is -0.391 e. The number of amides is 1. The van der Waals surface area contributed by atoms with Gasteiger partial charge in [0.15, 0.2) is 0 Å². The normalized spacial score (nSPS) is 22.1. The Bertz CT molecular complexity index is 901. The molecule has 1 aromatic carbocycles. The fraction of sp³-hybridized carbons (Fsp3) is 0.350. The van der Waals surface area contributed by atoms with Crippen molar-refractivity contribution in [3.05, 3.63) is 60.6 Å². The van der Waals surface area contributed by atoms with Crippen molar-refractivity contribution in [2.75, 3.05) is 0 Å². The molecule has 4 rings (SSSR count). The average molecular weight is 365 g/mol. The number of nitrogens with zero attached hydrogens (tertiary/aromatic N) is 4. The zero-order valence-electron chi connectivity index (χ0n) is 15.2. The first-order valence-corrected chi connectivity index (χ1v) is 9.15. The van der Waals surface area contributed by atoms with E-state index in [0.717, 1.165) is 24.2 Å². The maximum absolute atomic E-state index is 12.6. The highest BCUT2D eigenvalue weighted by Gasteiger charge is 2.34. The summed E-state index contributed by atoms with van der Waals surface area (Å²) in [5.41, 5.74) is 2.59. The van der Waals surface area contributed by atoms with Gasteiger partial charge in [0.1, 0.15) is 0 Å². The Hall–Kier alpha value is -2.93. The van der Waals surface area contributed by atoms with Gasteiger partial charge in [-0.05, 0) is 48.6 Å². The van der Waals surface area contributed by atoms with Crippen LogP contribution in [0.25, 0.3) is 11.3 Å². The molecule has 2 heterocycles. The highest BCUT2D eigenvalue weighted by Crippen LogP contribution is 2.28. The first-order valence-electron chi connectivity index (χ1n) is 9.15. The Balaban J connectivity index is 1.38. The van der Waals surface area contributed by atoms with E-state index in [9.17, 15) is 9.90 Å². The summed E-state index contributed by atoms with van der Waals surface area (Å²) in [5.74, 6) is 0.146.